The quantitative estimate of drug-likeness (QED) is 0.801. The Balaban J connectivity index is 2.39. The number of nitrogens with two attached hydrogens (primary N) is 1. The highest BCUT2D eigenvalue weighted by molar-refractivity contribution is 5.19. The fraction of sp³-hybridized carbons (Fsp3) is 0.571. The Bertz CT molecular complexity index is 284. The molecule has 0 amide bonds. The Hall–Kier alpha value is -0.860. The molecule has 1 rings (SSSR count). The SMILES string of the molecule is CC(C)CCOC(C)C(N)c1ccccc1. The fourth-order valence-corrected chi connectivity index (χ4v) is 1.54. The molecule has 0 aliphatic carbocycles. The second kappa shape index (κ2) is 6.66. The van der Waals surface area contributed by atoms with Gasteiger partial charge in [-0.2, -0.15) is 0 Å². The van der Waals surface area contributed by atoms with Crippen LogP contribution in [0.5, 0.6) is 0 Å². The summed E-state index contributed by atoms with van der Waals surface area (Å²) in [4.78, 5) is 0. The van der Waals surface area contributed by atoms with Crippen LogP contribution in [-0.2, 0) is 4.74 Å². The maximum absolute atomic E-state index is 6.13. The normalized spacial score (nSPS) is 15.1. The molecule has 2 N–H and O–H groups in total. The summed E-state index contributed by atoms with van der Waals surface area (Å²) in [5.41, 5.74) is 7.27. The molecule has 0 bridgehead atoms. The first kappa shape index (κ1) is 13.2. The van der Waals surface area contributed by atoms with Crippen molar-refractivity contribution < 1.29 is 4.74 Å². The monoisotopic (exact) mass is 221 g/mol. The summed E-state index contributed by atoms with van der Waals surface area (Å²) in [5, 5.41) is 0. The standard InChI is InChI=1S/C14H23NO/c1-11(2)9-10-16-12(3)14(15)13-7-5-4-6-8-13/h4-8,11-12,14H,9-10,15H2,1-3H3. The molecule has 0 saturated heterocycles. The highest BCUT2D eigenvalue weighted by Gasteiger charge is 2.14. The summed E-state index contributed by atoms with van der Waals surface area (Å²) in [7, 11) is 0. The molecule has 0 aromatic heterocycles. The van der Waals surface area contributed by atoms with Crippen LogP contribution >= 0.6 is 0 Å². The van der Waals surface area contributed by atoms with Gasteiger partial charge in [-0.15, -0.1) is 0 Å². The predicted octanol–water partition coefficient (Wildman–Crippen LogP) is 3.14. The molecule has 2 unspecified atom stereocenters. The fourth-order valence-electron chi connectivity index (χ4n) is 1.54. The molecular weight excluding hydrogens is 198 g/mol. The van der Waals surface area contributed by atoms with Gasteiger partial charge in [-0.1, -0.05) is 44.2 Å². The van der Waals surface area contributed by atoms with Gasteiger partial charge in [0.1, 0.15) is 0 Å². The molecule has 1 aromatic rings. The molecule has 0 aliphatic rings. The van der Waals surface area contributed by atoms with Gasteiger partial charge >= 0.3 is 0 Å². The molecule has 0 saturated carbocycles. The summed E-state index contributed by atoms with van der Waals surface area (Å²) in [6, 6.07) is 10.1. The second-order valence-electron chi connectivity index (χ2n) is 4.69. The lowest BCUT2D eigenvalue weighted by Crippen LogP contribution is -2.26. The van der Waals surface area contributed by atoms with Crippen molar-refractivity contribution in [1.29, 1.82) is 0 Å². The molecular formula is C14H23NO. The number of ether oxygens (including phenoxy) is 1. The largest absolute Gasteiger partial charge is 0.377 e. The molecule has 0 spiro atoms. The van der Waals surface area contributed by atoms with Crippen LogP contribution < -0.4 is 5.73 Å². The van der Waals surface area contributed by atoms with Crippen LogP contribution in [0.2, 0.25) is 0 Å². The molecule has 0 aliphatic heterocycles. The van der Waals surface area contributed by atoms with Crippen molar-refractivity contribution >= 4 is 0 Å². The van der Waals surface area contributed by atoms with E-state index in [0.29, 0.717) is 5.92 Å². The van der Waals surface area contributed by atoms with Crippen LogP contribution in [0, 0.1) is 5.92 Å². The first-order valence-corrected chi connectivity index (χ1v) is 6.03. The maximum Gasteiger partial charge on any atom is 0.0739 e. The highest BCUT2D eigenvalue weighted by Crippen LogP contribution is 2.16. The van der Waals surface area contributed by atoms with E-state index in [-0.39, 0.29) is 12.1 Å². The van der Waals surface area contributed by atoms with E-state index in [1.807, 2.05) is 37.3 Å². The Kier molecular flexibility index (Phi) is 5.50. The van der Waals surface area contributed by atoms with E-state index in [9.17, 15) is 0 Å². The van der Waals surface area contributed by atoms with E-state index in [0.717, 1.165) is 18.6 Å². The first-order valence-electron chi connectivity index (χ1n) is 6.03. The van der Waals surface area contributed by atoms with Crippen LogP contribution in [0.4, 0.5) is 0 Å². The molecule has 0 radical (unpaired) electrons. The van der Waals surface area contributed by atoms with Crippen molar-refractivity contribution in [2.75, 3.05) is 6.61 Å². The van der Waals surface area contributed by atoms with Gasteiger partial charge in [-0.3, -0.25) is 0 Å². The second-order valence-corrected chi connectivity index (χ2v) is 4.69. The summed E-state index contributed by atoms with van der Waals surface area (Å²) in [5.74, 6) is 0.681. The van der Waals surface area contributed by atoms with Crippen molar-refractivity contribution in [3.8, 4) is 0 Å². The molecule has 0 fully saturated rings. The average Bonchev–Trinajstić information content (AvgIpc) is 2.28. The molecule has 16 heavy (non-hydrogen) atoms. The summed E-state index contributed by atoms with van der Waals surface area (Å²) in [6.45, 7) is 7.23. The zero-order chi connectivity index (χ0) is 12.0. The zero-order valence-electron chi connectivity index (χ0n) is 10.5. The number of rotatable bonds is 6. The minimum absolute atomic E-state index is 0.0339. The van der Waals surface area contributed by atoms with Crippen molar-refractivity contribution in [3.05, 3.63) is 35.9 Å². The van der Waals surface area contributed by atoms with Crippen LogP contribution in [0.15, 0.2) is 30.3 Å². The Labute approximate surface area is 98.8 Å². The Morgan fingerprint density at radius 2 is 1.75 bits per heavy atom. The van der Waals surface area contributed by atoms with E-state index >= 15 is 0 Å². The molecule has 2 heteroatoms. The van der Waals surface area contributed by atoms with Gasteiger partial charge in [0, 0.05) is 6.61 Å². The lowest BCUT2D eigenvalue weighted by Gasteiger charge is -2.21. The van der Waals surface area contributed by atoms with Crippen molar-refractivity contribution in [2.45, 2.75) is 39.3 Å². The molecule has 2 atom stereocenters. The van der Waals surface area contributed by atoms with E-state index in [1.165, 1.54) is 0 Å². The third-order valence-electron chi connectivity index (χ3n) is 2.77. The lowest BCUT2D eigenvalue weighted by atomic mass is 10.0. The van der Waals surface area contributed by atoms with Crippen molar-refractivity contribution in [2.24, 2.45) is 11.7 Å². The van der Waals surface area contributed by atoms with Crippen molar-refractivity contribution in [3.63, 3.8) is 0 Å². The Morgan fingerprint density at radius 1 is 1.12 bits per heavy atom. The van der Waals surface area contributed by atoms with Crippen LogP contribution in [0.25, 0.3) is 0 Å². The summed E-state index contributed by atoms with van der Waals surface area (Å²) in [6.07, 6.45) is 1.16. The topological polar surface area (TPSA) is 35.2 Å². The van der Waals surface area contributed by atoms with Gasteiger partial charge in [-0.05, 0) is 24.8 Å². The van der Waals surface area contributed by atoms with Gasteiger partial charge in [0.2, 0.25) is 0 Å². The zero-order valence-corrected chi connectivity index (χ0v) is 10.5. The summed E-state index contributed by atoms with van der Waals surface area (Å²) < 4.78 is 5.74. The third-order valence-corrected chi connectivity index (χ3v) is 2.77. The number of benzene rings is 1. The van der Waals surface area contributed by atoms with E-state index in [1.54, 1.807) is 0 Å². The van der Waals surface area contributed by atoms with Gasteiger partial charge in [0.25, 0.3) is 0 Å². The third kappa shape index (κ3) is 4.33. The van der Waals surface area contributed by atoms with Crippen molar-refractivity contribution in [1.82, 2.24) is 0 Å². The molecule has 2 nitrogen and oxygen atoms in total. The maximum atomic E-state index is 6.13. The van der Waals surface area contributed by atoms with Crippen LogP contribution in [-0.4, -0.2) is 12.7 Å². The molecule has 90 valence electrons. The smallest absolute Gasteiger partial charge is 0.0739 e. The van der Waals surface area contributed by atoms with Gasteiger partial charge in [0.15, 0.2) is 0 Å². The summed E-state index contributed by atoms with van der Waals surface area (Å²) >= 11 is 0. The van der Waals surface area contributed by atoms with Gasteiger partial charge in [0.05, 0.1) is 12.1 Å². The Morgan fingerprint density at radius 3 is 2.31 bits per heavy atom. The van der Waals surface area contributed by atoms with Gasteiger partial charge < -0.3 is 10.5 Å². The van der Waals surface area contributed by atoms with E-state index in [4.69, 9.17) is 10.5 Å². The number of hydrogen-bond acceptors (Lipinski definition) is 2. The minimum atomic E-state index is -0.0339. The van der Waals surface area contributed by atoms with E-state index < -0.39 is 0 Å². The minimum Gasteiger partial charge on any atom is -0.377 e. The first-order chi connectivity index (χ1) is 7.61. The highest BCUT2D eigenvalue weighted by atomic mass is 16.5. The number of hydrogen-bond donors (Lipinski definition) is 1. The molecule has 1 aromatic carbocycles. The van der Waals surface area contributed by atoms with Crippen LogP contribution in [0.3, 0.4) is 0 Å². The van der Waals surface area contributed by atoms with Crippen LogP contribution in [0.1, 0.15) is 38.8 Å². The average molecular weight is 221 g/mol. The van der Waals surface area contributed by atoms with Gasteiger partial charge in [-0.25, -0.2) is 0 Å². The van der Waals surface area contributed by atoms with E-state index in [2.05, 4.69) is 13.8 Å². The molecule has 0 heterocycles. The predicted molar refractivity (Wildman–Crippen MR) is 68.2 cm³/mol. The lowest BCUT2D eigenvalue weighted by molar-refractivity contribution is 0.0416.